The number of hydrogen-bond acceptors (Lipinski definition) is 5. The molecule has 1 unspecified atom stereocenters. The second-order valence-electron chi connectivity index (χ2n) is 4.95. The third kappa shape index (κ3) is 2.51. The maximum Gasteiger partial charge on any atom is 0.275 e. The molecule has 8 nitrogen and oxygen atoms in total. The summed E-state index contributed by atoms with van der Waals surface area (Å²) in [4.78, 5) is 23.8. The molecule has 2 N–H and O–H groups in total. The van der Waals surface area contributed by atoms with Gasteiger partial charge in [0, 0.05) is 40.9 Å². The van der Waals surface area contributed by atoms with Crippen molar-refractivity contribution in [2.75, 3.05) is 0 Å². The minimum Gasteiger partial charge on any atom is -0.383 e. The van der Waals surface area contributed by atoms with Crippen molar-refractivity contribution in [2.24, 2.45) is 0 Å². The fraction of sp³-hybridized carbons (Fsp3) is 0.0667. The van der Waals surface area contributed by atoms with Gasteiger partial charge in [-0.15, -0.1) is 0 Å². The Balaban J connectivity index is 2.15. The first-order valence-corrected chi connectivity index (χ1v) is 6.66. The van der Waals surface area contributed by atoms with Gasteiger partial charge < -0.3 is 10.1 Å². The summed E-state index contributed by atoms with van der Waals surface area (Å²) >= 11 is 0. The van der Waals surface area contributed by atoms with E-state index in [1.54, 1.807) is 6.07 Å². The van der Waals surface area contributed by atoms with Gasteiger partial charge >= 0.3 is 0 Å². The van der Waals surface area contributed by atoms with E-state index in [1.165, 1.54) is 42.6 Å². The van der Waals surface area contributed by atoms with Crippen molar-refractivity contribution >= 4 is 22.3 Å². The molecule has 0 fully saturated rings. The number of H-pyrrole nitrogens is 1. The molecule has 0 aliphatic carbocycles. The maximum absolute atomic E-state index is 11.1. The van der Waals surface area contributed by atoms with Gasteiger partial charge in [0.1, 0.15) is 6.10 Å². The van der Waals surface area contributed by atoms with Crippen molar-refractivity contribution in [1.29, 1.82) is 0 Å². The highest BCUT2D eigenvalue weighted by Gasteiger charge is 2.24. The summed E-state index contributed by atoms with van der Waals surface area (Å²) in [6.07, 6.45) is 0.225. The Bertz CT molecular complexity index is 918. The number of nitro benzene ring substituents is 2. The summed E-state index contributed by atoms with van der Waals surface area (Å²) in [5.41, 5.74) is 0.749. The van der Waals surface area contributed by atoms with Gasteiger partial charge in [0.15, 0.2) is 0 Å². The van der Waals surface area contributed by atoms with Crippen molar-refractivity contribution in [3.63, 3.8) is 0 Å². The number of aromatic amines is 1. The molecule has 0 aliphatic rings. The lowest BCUT2D eigenvalue weighted by atomic mass is 9.99. The predicted molar refractivity (Wildman–Crippen MR) is 82.1 cm³/mol. The van der Waals surface area contributed by atoms with E-state index in [1.807, 2.05) is 0 Å². The van der Waals surface area contributed by atoms with Crippen molar-refractivity contribution in [2.45, 2.75) is 6.10 Å². The molecule has 1 aromatic heterocycles. The van der Waals surface area contributed by atoms with Crippen LogP contribution in [0.1, 0.15) is 17.2 Å². The van der Waals surface area contributed by atoms with Crippen molar-refractivity contribution in [3.8, 4) is 0 Å². The summed E-state index contributed by atoms with van der Waals surface area (Å²) in [5, 5.41) is 33.0. The lowest BCUT2D eigenvalue weighted by Crippen LogP contribution is -2.03. The highest BCUT2D eigenvalue weighted by molar-refractivity contribution is 5.86. The molecular formula is C15H11N3O5. The zero-order valence-corrected chi connectivity index (χ0v) is 11.7. The summed E-state index contributed by atoms with van der Waals surface area (Å²) in [7, 11) is 0. The second-order valence-corrected chi connectivity index (χ2v) is 4.95. The minimum absolute atomic E-state index is 0.117. The molecule has 1 heterocycles. The molecule has 0 spiro atoms. The molecule has 3 rings (SSSR count). The molecule has 3 aromatic rings. The van der Waals surface area contributed by atoms with E-state index in [4.69, 9.17) is 0 Å². The van der Waals surface area contributed by atoms with Gasteiger partial charge in [0.25, 0.3) is 11.4 Å². The van der Waals surface area contributed by atoms with Crippen LogP contribution >= 0.6 is 0 Å². The van der Waals surface area contributed by atoms with Gasteiger partial charge in [0.2, 0.25) is 0 Å². The lowest BCUT2D eigenvalue weighted by Gasteiger charge is -2.10. The van der Waals surface area contributed by atoms with Crippen molar-refractivity contribution in [3.05, 3.63) is 80.0 Å². The molecule has 23 heavy (non-hydrogen) atoms. The topological polar surface area (TPSA) is 122 Å². The van der Waals surface area contributed by atoms with E-state index < -0.39 is 16.0 Å². The van der Waals surface area contributed by atoms with E-state index in [0.717, 1.165) is 0 Å². The predicted octanol–water partition coefficient (Wildman–Crippen LogP) is 3.07. The normalized spacial score (nSPS) is 12.2. The largest absolute Gasteiger partial charge is 0.383 e. The Morgan fingerprint density at radius 3 is 2.43 bits per heavy atom. The standard InChI is InChI=1S/C15H11N3O5/c19-15(10-3-1-2-4-14(10)18(22)23)12-8-16-13-6-5-9(17(20)21)7-11(12)13/h1-8,15-16,19H. The van der Waals surface area contributed by atoms with Gasteiger partial charge in [-0.1, -0.05) is 12.1 Å². The molecule has 0 saturated carbocycles. The smallest absolute Gasteiger partial charge is 0.275 e. The van der Waals surface area contributed by atoms with Crippen molar-refractivity contribution in [1.82, 2.24) is 4.98 Å². The van der Waals surface area contributed by atoms with Crippen LogP contribution < -0.4 is 0 Å². The Morgan fingerprint density at radius 2 is 1.74 bits per heavy atom. The molecule has 2 aromatic carbocycles. The third-order valence-corrected chi connectivity index (χ3v) is 3.63. The minimum atomic E-state index is -1.27. The highest BCUT2D eigenvalue weighted by atomic mass is 16.6. The number of rotatable bonds is 4. The fourth-order valence-corrected chi connectivity index (χ4v) is 2.52. The van der Waals surface area contributed by atoms with Crippen LogP contribution in [-0.4, -0.2) is 19.9 Å². The zero-order valence-electron chi connectivity index (χ0n) is 11.7. The van der Waals surface area contributed by atoms with Crippen LogP contribution in [0.3, 0.4) is 0 Å². The van der Waals surface area contributed by atoms with Crippen LogP contribution in [0.25, 0.3) is 10.9 Å². The maximum atomic E-state index is 11.1. The molecule has 0 aliphatic heterocycles. The SMILES string of the molecule is O=[N+]([O-])c1ccc2[nH]cc(C(O)c3ccccc3[N+](=O)[O-])c2c1. The summed E-state index contributed by atoms with van der Waals surface area (Å²) < 4.78 is 0. The average molecular weight is 313 g/mol. The Hall–Kier alpha value is -3.26. The third-order valence-electron chi connectivity index (χ3n) is 3.63. The van der Waals surface area contributed by atoms with Crippen LogP contribution in [0.15, 0.2) is 48.7 Å². The van der Waals surface area contributed by atoms with Gasteiger partial charge in [-0.3, -0.25) is 20.2 Å². The Kier molecular flexibility index (Phi) is 3.51. The van der Waals surface area contributed by atoms with E-state index >= 15 is 0 Å². The first-order valence-electron chi connectivity index (χ1n) is 6.66. The van der Waals surface area contributed by atoms with E-state index in [2.05, 4.69) is 4.98 Å². The van der Waals surface area contributed by atoms with Crippen LogP contribution in [0.5, 0.6) is 0 Å². The number of benzene rings is 2. The Morgan fingerprint density at radius 1 is 1.00 bits per heavy atom. The summed E-state index contributed by atoms with van der Waals surface area (Å²) in [5.74, 6) is 0. The molecular weight excluding hydrogens is 302 g/mol. The second kappa shape index (κ2) is 5.50. The van der Waals surface area contributed by atoms with Gasteiger partial charge in [-0.05, 0) is 12.1 Å². The monoisotopic (exact) mass is 313 g/mol. The summed E-state index contributed by atoms with van der Waals surface area (Å²) in [6, 6.07) is 10.1. The number of hydrogen-bond donors (Lipinski definition) is 2. The fourth-order valence-electron chi connectivity index (χ4n) is 2.52. The molecule has 0 bridgehead atoms. The van der Waals surface area contributed by atoms with Gasteiger partial charge in [-0.2, -0.15) is 0 Å². The van der Waals surface area contributed by atoms with Gasteiger partial charge in [0.05, 0.1) is 15.4 Å². The molecule has 0 amide bonds. The average Bonchev–Trinajstić information content (AvgIpc) is 2.97. The number of aliphatic hydroxyl groups excluding tert-OH is 1. The van der Waals surface area contributed by atoms with Crippen LogP contribution in [0, 0.1) is 20.2 Å². The van der Waals surface area contributed by atoms with E-state index in [0.29, 0.717) is 16.5 Å². The molecule has 1 atom stereocenters. The number of nitrogens with one attached hydrogen (secondary N) is 1. The van der Waals surface area contributed by atoms with E-state index in [9.17, 15) is 25.3 Å². The molecule has 8 heteroatoms. The number of nitro groups is 2. The van der Waals surface area contributed by atoms with Crippen LogP contribution in [0.2, 0.25) is 0 Å². The number of nitrogens with zero attached hydrogens (tertiary/aromatic N) is 2. The Labute approximate surface area is 129 Å². The first kappa shape index (κ1) is 14.7. The number of fused-ring (bicyclic) bond motifs is 1. The lowest BCUT2D eigenvalue weighted by molar-refractivity contribution is -0.386. The quantitative estimate of drug-likeness (QED) is 0.566. The van der Waals surface area contributed by atoms with Crippen LogP contribution in [0.4, 0.5) is 11.4 Å². The van der Waals surface area contributed by atoms with Crippen molar-refractivity contribution < 1.29 is 15.0 Å². The van der Waals surface area contributed by atoms with E-state index in [-0.39, 0.29) is 16.9 Å². The molecule has 0 saturated heterocycles. The number of aliphatic hydroxyl groups is 1. The van der Waals surface area contributed by atoms with Crippen LogP contribution in [-0.2, 0) is 0 Å². The number of aromatic nitrogens is 1. The first-order chi connectivity index (χ1) is 11.0. The molecule has 116 valence electrons. The molecule has 0 radical (unpaired) electrons. The highest BCUT2D eigenvalue weighted by Crippen LogP contribution is 2.34. The number of non-ortho nitro benzene ring substituents is 1. The number of para-hydroxylation sites is 1. The summed E-state index contributed by atoms with van der Waals surface area (Å²) in [6.45, 7) is 0. The van der Waals surface area contributed by atoms with Gasteiger partial charge in [-0.25, -0.2) is 0 Å². The zero-order chi connectivity index (χ0) is 16.6.